The summed E-state index contributed by atoms with van der Waals surface area (Å²) < 4.78 is 13.3. The number of nitrogens with one attached hydrogen (secondary N) is 1. The minimum atomic E-state index is -0.106. The minimum Gasteiger partial charge on any atom is -0.370 e. The maximum Gasteiger partial charge on any atom is 0.126 e. The van der Waals surface area contributed by atoms with Gasteiger partial charge < -0.3 is 10.2 Å². The smallest absolute Gasteiger partial charge is 0.126 e. The Morgan fingerprint density at radius 2 is 2.17 bits per heavy atom. The van der Waals surface area contributed by atoms with Gasteiger partial charge in [0.15, 0.2) is 0 Å². The van der Waals surface area contributed by atoms with Gasteiger partial charge in [-0.15, -0.1) is 0 Å². The van der Waals surface area contributed by atoms with E-state index in [1.54, 1.807) is 6.07 Å². The Labute approximate surface area is 108 Å². The van der Waals surface area contributed by atoms with Crippen LogP contribution in [0.2, 0.25) is 0 Å². The van der Waals surface area contributed by atoms with Gasteiger partial charge in [0.2, 0.25) is 0 Å². The summed E-state index contributed by atoms with van der Waals surface area (Å²) in [5, 5.41) is 3.65. The number of hydrogen-bond acceptors (Lipinski definition) is 2. The van der Waals surface area contributed by atoms with E-state index in [0.717, 1.165) is 31.1 Å². The minimum absolute atomic E-state index is 0.106. The topological polar surface area (TPSA) is 15.3 Å². The molecule has 3 rings (SSSR count). The highest BCUT2D eigenvalue weighted by atomic mass is 19.1. The summed E-state index contributed by atoms with van der Waals surface area (Å²) in [7, 11) is 0. The van der Waals surface area contributed by atoms with Crippen molar-refractivity contribution in [1.82, 2.24) is 5.32 Å². The van der Waals surface area contributed by atoms with Gasteiger partial charge in [0.1, 0.15) is 5.82 Å². The van der Waals surface area contributed by atoms with Gasteiger partial charge in [-0.05, 0) is 62.4 Å². The van der Waals surface area contributed by atoms with Crippen molar-refractivity contribution in [2.24, 2.45) is 5.92 Å². The molecule has 1 aliphatic carbocycles. The van der Waals surface area contributed by atoms with Crippen LogP contribution in [0.5, 0.6) is 0 Å². The summed E-state index contributed by atoms with van der Waals surface area (Å²) in [5.41, 5.74) is 1.91. The van der Waals surface area contributed by atoms with Gasteiger partial charge >= 0.3 is 0 Å². The zero-order valence-electron chi connectivity index (χ0n) is 11.0. The van der Waals surface area contributed by atoms with E-state index < -0.39 is 0 Å². The largest absolute Gasteiger partial charge is 0.370 e. The zero-order chi connectivity index (χ0) is 12.5. The Hall–Kier alpha value is -1.09. The maximum absolute atomic E-state index is 13.3. The van der Waals surface area contributed by atoms with Gasteiger partial charge in [0, 0.05) is 24.8 Å². The lowest BCUT2D eigenvalue weighted by Gasteiger charge is -2.27. The van der Waals surface area contributed by atoms with Crippen LogP contribution < -0.4 is 10.2 Å². The van der Waals surface area contributed by atoms with Crippen LogP contribution in [0.4, 0.5) is 10.1 Å². The first-order chi connectivity index (χ1) is 8.74. The van der Waals surface area contributed by atoms with Gasteiger partial charge in [0.05, 0.1) is 0 Å². The third-order valence-electron chi connectivity index (χ3n) is 4.13. The molecule has 1 atom stereocenters. The molecule has 18 heavy (non-hydrogen) atoms. The molecule has 0 amide bonds. The van der Waals surface area contributed by atoms with E-state index in [2.05, 4.69) is 10.2 Å². The summed E-state index contributed by atoms with van der Waals surface area (Å²) in [6, 6.07) is 6.11. The predicted octanol–water partition coefficient (Wildman–Crippen LogP) is 2.71. The lowest BCUT2D eigenvalue weighted by molar-refractivity contribution is 0.490. The molecular formula is C15H21FN2. The lowest BCUT2D eigenvalue weighted by atomic mass is 10.1. The van der Waals surface area contributed by atoms with Gasteiger partial charge in [-0.3, -0.25) is 0 Å². The van der Waals surface area contributed by atoms with Crippen molar-refractivity contribution >= 4 is 5.69 Å². The molecule has 2 aliphatic rings. The molecule has 2 nitrogen and oxygen atoms in total. The summed E-state index contributed by atoms with van der Waals surface area (Å²) >= 11 is 0. The Morgan fingerprint density at radius 1 is 1.33 bits per heavy atom. The average Bonchev–Trinajstić information content (AvgIpc) is 3.16. The predicted molar refractivity (Wildman–Crippen MR) is 72.5 cm³/mol. The van der Waals surface area contributed by atoms with Crippen LogP contribution in [0.3, 0.4) is 0 Å². The van der Waals surface area contributed by atoms with E-state index in [-0.39, 0.29) is 5.82 Å². The highest BCUT2D eigenvalue weighted by Gasteiger charge is 2.33. The van der Waals surface area contributed by atoms with E-state index in [1.807, 2.05) is 19.1 Å². The molecule has 1 aliphatic heterocycles. The van der Waals surface area contributed by atoms with Gasteiger partial charge in [-0.2, -0.15) is 0 Å². The van der Waals surface area contributed by atoms with Crippen molar-refractivity contribution in [2.45, 2.75) is 32.2 Å². The molecule has 1 saturated heterocycles. The second kappa shape index (κ2) is 4.88. The normalized spacial score (nSPS) is 25.0. The van der Waals surface area contributed by atoms with Crippen LogP contribution in [0.1, 0.15) is 24.8 Å². The van der Waals surface area contributed by atoms with E-state index in [1.165, 1.54) is 24.9 Å². The lowest BCUT2D eigenvalue weighted by Crippen LogP contribution is -2.39. The number of hydrogen-bond donors (Lipinski definition) is 1. The van der Waals surface area contributed by atoms with E-state index >= 15 is 0 Å². The molecule has 1 aromatic carbocycles. The summed E-state index contributed by atoms with van der Waals surface area (Å²) in [4.78, 5) is 2.41. The molecule has 2 fully saturated rings. The van der Waals surface area contributed by atoms with Crippen molar-refractivity contribution < 1.29 is 4.39 Å². The van der Waals surface area contributed by atoms with Crippen LogP contribution in [0.15, 0.2) is 18.2 Å². The first-order valence-corrected chi connectivity index (χ1v) is 6.98. The molecule has 1 aromatic rings. The van der Waals surface area contributed by atoms with Gasteiger partial charge in [-0.25, -0.2) is 4.39 Å². The molecule has 0 radical (unpaired) electrons. The second-order valence-corrected chi connectivity index (χ2v) is 5.63. The Kier molecular flexibility index (Phi) is 3.25. The highest BCUT2D eigenvalue weighted by molar-refractivity contribution is 5.49. The van der Waals surface area contributed by atoms with Gasteiger partial charge in [-0.1, -0.05) is 0 Å². The molecule has 0 spiro atoms. The fraction of sp³-hybridized carbons (Fsp3) is 0.600. The Morgan fingerprint density at radius 3 is 2.89 bits per heavy atom. The number of rotatable bonds is 2. The Bertz CT molecular complexity index is 429. The molecular weight excluding hydrogens is 227 g/mol. The summed E-state index contributed by atoms with van der Waals surface area (Å²) in [6.45, 7) is 5.09. The molecule has 1 unspecified atom stereocenters. The third-order valence-corrected chi connectivity index (χ3v) is 4.13. The number of nitrogens with zero attached hydrogens (tertiary/aromatic N) is 1. The van der Waals surface area contributed by atoms with Crippen molar-refractivity contribution in [3.05, 3.63) is 29.6 Å². The fourth-order valence-electron chi connectivity index (χ4n) is 2.83. The van der Waals surface area contributed by atoms with Crippen molar-refractivity contribution in [2.75, 3.05) is 24.5 Å². The highest BCUT2D eigenvalue weighted by Crippen LogP contribution is 2.34. The SMILES string of the molecule is Cc1cc(N2CCCNC(C3CC3)C2)ccc1F. The number of aryl methyl sites for hydroxylation is 1. The third kappa shape index (κ3) is 2.51. The van der Waals surface area contributed by atoms with Crippen molar-refractivity contribution in [3.8, 4) is 0 Å². The standard InChI is InChI=1S/C15H21FN2/c1-11-9-13(5-6-14(11)16)18-8-2-7-17-15(10-18)12-3-4-12/h5-6,9,12,15,17H,2-4,7-8,10H2,1H3. The van der Waals surface area contributed by atoms with E-state index in [4.69, 9.17) is 0 Å². The zero-order valence-corrected chi connectivity index (χ0v) is 11.0. The molecule has 0 bridgehead atoms. The maximum atomic E-state index is 13.3. The van der Waals surface area contributed by atoms with Crippen LogP contribution in [0, 0.1) is 18.7 Å². The van der Waals surface area contributed by atoms with Crippen LogP contribution >= 0.6 is 0 Å². The first kappa shape index (κ1) is 12.0. The average molecular weight is 248 g/mol. The monoisotopic (exact) mass is 248 g/mol. The van der Waals surface area contributed by atoms with Gasteiger partial charge in [0.25, 0.3) is 0 Å². The first-order valence-electron chi connectivity index (χ1n) is 6.98. The summed E-state index contributed by atoms with van der Waals surface area (Å²) in [5.74, 6) is 0.762. The van der Waals surface area contributed by atoms with E-state index in [9.17, 15) is 4.39 Å². The molecule has 1 N–H and O–H groups in total. The van der Waals surface area contributed by atoms with Crippen molar-refractivity contribution in [3.63, 3.8) is 0 Å². The molecule has 0 aromatic heterocycles. The molecule has 98 valence electrons. The Balaban J connectivity index is 1.78. The van der Waals surface area contributed by atoms with Crippen molar-refractivity contribution in [1.29, 1.82) is 0 Å². The number of benzene rings is 1. The fourth-order valence-corrected chi connectivity index (χ4v) is 2.83. The molecule has 1 heterocycles. The molecule has 1 saturated carbocycles. The number of anilines is 1. The quantitative estimate of drug-likeness (QED) is 0.865. The summed E-state index contributed by atoms with van der Waals surface area (Å²) in [6.07, 6.45) is 3.90. The van der Waals surface area contributed by atoms with Crippen LogP contribution in [-0.4, -0.2) is 25.7 Å². The van der Waals surface area contributed by atoms with Crippen LogP contribution in [-0.2, 0) is 0 Å². The van der Waals surface area contributed by atoms with E-state index in [0.29, 0.717) is 6.04 Å². The van der Waals surface area contributed by atoms with Crippen LogP contribution in [0.25, 0.3) is 0 Å². The number of halogens is 1. The molecule has 3 heteroatoms. The second-order valence-electron chi connectivity index (χ2n) is 5.63.